The number of nitrogens with zero attached hydrogens (tertiary/aromatic N) is 1. The lowest BCUT2D eigenvalue weighted by Gasteiger charge is -2.23. The van der Waals surface area contributed by atoms with Gasteiger partial charge in [-0.15, -0.1) is 0 Å². The number of hydrogen-bond donors (Lipinski definition) is 1. The Morgan fingerprint density at radius 2 is 1.91 bits per heavy atom. The van der Waals surface area contributed by atoms with Crippen molar-refractivity contribution in [3.63, 3.8) is 0 Å². The second-order valence-corrected chi connectivity index (χ2v) is 7.93. The summed E-state index contributed by atoms with van der Waals surface area (Å²) in [4.78, 5) is 27.4. The minimum Gasteiger partial charge on any atom is -0.496 e. The molecule has 1 unspecified atom stereocenters. The quantitative estimate of drug-likeness (QED) is 0.599. The summed E-state index contributed by atoms with van der Waals surface area (Å²) in [5.41, 5.74) is 2.69. The lowest BCUT2D eigenvalue weighted by molar-refractivity contribution is -0.138. The van der Waals surface area contributed by atoms with Crippen LogP contribution in [0.1, 0.15) is 28.4 Å². The van der Waals surface area contributed by atoms with E-state index >= 15 is 0 Å². The molecule has 3 aromatic rings. The standard InChI is InChI=1S/C25H23ClN2O4/c1-16-25(30)28(14-17-7-3-6-10-22(17)31-2)15-18-13-19(11-12-23(18)32-16)27-24(29)20-8-4-5-9-21(20)26/h3-13,16H,14-15H2,1-2H3,(H,27,29). The summed E-state index contributed by atoms with van der Waals surface area (Å²) in [6.45, 7) is 2.46. The van der Waals surface area contributed by atoms with E-state index in [1.165, 1.54) is 0 Å². The highest BCUT2D eigenvalue weighted by atomic mass is 35.5. The van der Waals surface area contributed by atoms with Gasteiger partial charge in [-0.25, -0.2) is 0 Å². The van der Waals surface area contributed by atoms with Crippen molar-refractivity contribution in [2.75, 3.05) is 12.4 Å². The molecular formula is C25H23ClN2O4. The normalized spacial score (nSPS) is 15.4. The summed E-state index contributed by atoms with van der Waals surface area (Å²) < 4.78 is 11.3. The molecule has 0 saturated heterocycles. The molecule has 1 aliphatic rings. The summed E-state index contributed by atoms with van der Waals surface area (Å²) >= 11 is 6.14. The van der Waals surface area contributed by atoms with Crippen molar-refractivity contribution in [3.8, 4) is 11.5 Å². The Morgan fingerprint density at radius 1 is 1.16 bits per heavy atom. The minimum atomic E-state index is -0.630. The predicted molar refractivity (Wildman–Crippen MR) is 123 cm³/mol. The Hall–Kier alpha value is -3.51. The number of fused-ring (bicyclic) bond motifs is 1. The zero-order valence-corrected chi connectivity index (χ0v) is 18.6. The van der Waals surface area contributed by atoms with Crippen LogP contribution in [0.15, 0.2) is 66.7 Å². The van der Waals surface area contributed by atoms with Gasteiger partial charge in [0.1, 0.15) is 11.5 Å². The fraction of sp³-hybridized carbons (Fsp3) is 0.200. The summed E-state index contributed by atoms with van der Waals surface area (Å²) in [7, 11) is 1.61. The van der Waals surface area contributed by atoms with Gasteiger partial charge in [0, 0.05) is 29.9 Å². The average Bonchev–Trinajstić information content (AvgIpc) is 2.90. The number of benzene rings is 3. The number of methoxy groups -OCH3 is 1. The van der Waals surface area contributed by atoms with Crippen LogP contribution in [-0.4, -0.2) is 29.9 Å². The van der Waals surface area contributed by atoms with Gasteiger partial charge in [0.25, 0.3) is 11.8 Å². The van der Waals surface area contributed by atoms with Crippen LogP contribution >= 0.6 is 11.6 Å². The van der Waals surface area contributed by atoms with Gasteiger partial charge in [0.05, 0.1) is 17.7 Å². The largest absolute Gasteiger partial charge is 0.496 e. The molecule has 2 amide bonds. The highest BCUT2D eigenvalue weighted by Gasteiger charge is 2.28. The number of rotatable bonds is 5. The van der Waals surface area contributed by atoms with Gasteiger partial charge in [-0.2, -0.15) is 0 Å². The third kappa shape index (κ3) is 4.55. The molecule has 0 bridgehead atoms. The van der Waals surface area contributed by atoms with Gasteiger partial charge >= 0.3 is 0 Å². The maximum Gasteiger partial charge on any atom is 0.263 e. The van der Waals surface area contributed by atoms with Gasteiger partial charge < -0.3 is 19.7 Å². The first kappa shape index (κ1) is 21.7. The third-order valence-corrected chi connectivity index (χ3v) is 5.64. The number of halogens is 1. The number of carbonyl (C=O) groups is 2. The number of carbonyl (C=O) groups excluding carboxylic acids is 2. The van der Waals surface area contributed by atoms with Gasteiger partial charge in [0.15, 0.2) is 6.10 Å². The van der Waals surface area contributed by atoms with Crippen LogP contribution in [0.4, 0.5) is 5.69 Å². The van der Waals surface area contributed by atoms with E-state index in [0.717, 1.165) is 16.9 Å². The number of ether oxygens (including phenoxy) is 2. The minimum absolute atomic E-state index is 0.117. The van der Waals surface area contributed by atoms with Crippen molar-refractivity contribution in [2.24, 2.45) is 0 Å². The first-order valence-corrected chi connectivity index (χ1v) is 10.6. The molecule has 1 atom stereocenters. The first-order valence-electron chi connectivity index (χ1n) is 10.2. The SMILES string of the molecule is COc1ccccc1CN1Cc2cc(NC(=O)c3ccccc3Cl)ccc2OC(C)C1=O. The van der Waals surface area contributed by atoms with Crippen molar-refractivity contribution in [3.05, 3.63) is 88.4 Å². The molecule has 4 rings (SSSR count). The number of hydrogen-bond acceptors (Lipinski definition) is 4. The van der Waals surface area contributed by atoms with E-state index in [0.29, 0.717) is 35.1 Å². The van der Waals surface area contributed by atoms with Crippen molar-refractivity contribution in [2.45, 2.75) is 26.1 Å². The molecule has 0 spiro atoms. The summed E-state index contributed by atoms with van der Waals surface area (Å²) in [5, 5.41) is 3.25. The van der Waals surface area contributed by atoms with E-state index in [2.05, 4.69) is 5.32 Å². The molecule has 1 N–H and O–H groups in total. The van der Waals surface area contributed by atoms with Crippen molar-refractivity contribution in [1.82, 2.24) is 4.90 Å². The second-order valence-electron chi connectivity index (χ2n) is 7.52. The van der Waals surface area contributed by atoms with Crippen LogP contribution in [0.2, 0.25) is 5.02 Å². The van der Waals surface area contributed by atoms with Gasteiger partial charge in [-0.05, 0) is 43.3 Å². The Labute approximate surface area is 191 Å². The maximum atomic E-state index is 13.0. The average molecular weight is 451 g/mol. The van der Waals surface area contributed by atoms with Crippen LogP contribution in [0.3, 0.4) is 0 Å². The lowest BCUT2D eigenvalue weighted by atomic mass is 10.1. The molecule has 32 heavy (non-hydrogen) atoms. The Morgan fingerprint density at radius 3 is 2.69 bits per heavy atom. The van der Waals surface area contributed by atoms with Crippen molar-refractivity contribution in [1.29, 1.82) is 0 Å². The fourth-order valence-electron chi connectivity index (χ4n) is 3.69. The number of amides is 2. The highest BCUT2D eigenvalue weighted by molar-refractivity contribution is 6.34. The molecule has 6 nitrogen and oxygen atoms in total. The van der Waals surface area contributed by atoms with E-state index in [9.17, 15) is 9.59 Å². The van der Waals surface area contributed by atoms with Crippen LogP contribution in [0, 0.1) is 0 Å². The number of para-hydroxylation sites is 1. The molecule has 1 aliphatic heterocycles. The summed E-state index contributed by atoms with van der Waals surface area (Å²) in [5.74, 6) is 0.914. The van der Waals surface area contributed by atoms with Gasteiger partial charge in [0.2, 0.25) is 0 Å². The van der Waals surface area contributed by atoms with E-state index < -0.39 is 6.10 Å². The smallest absolute Gasteiger partial charge is 0.263 e. The topological polar surface area (TPSA) is 67.9 Å². The van der Waals surface area contributed by atoms with Gasteiger partial charge in [-0.1, -0.05) is 41.9 Å². The predicted octanol–water partition coefficient (Wildman–Crippen LogP) is 4.91. The monoisotopic (exact) mass is 450 g/mol. The summed E-state index contributed by atoms with van der Waals surface area (Å²) in [6, 6.07) is 19.8. The molecule has 0 radical (unpaired) electrons. The van der Waals surface area contributed by atoms with E-state index in [4.69, 9.17) is 21.1 Å². The zero-order valence-electron chi connectivity index (χ0n) is 17.8. The fourth-order valence-corrected chi connectivity index (χ4v) is 3.92. The molecule has 1 heterocycles. The van der Waals surface area contributed by atoms with Crippen molar-refractivity contribution < 1.29 is 19.1 Å². The summed E-state index contributed by atoms with van der Waals surface area (Å²) in [6.07, 6.45) is -0.630. The van der Waals surface area contributed by atoms with Crippen LogP contribution in [0.5, 0.6) is 11.5 Å². The van der Waals surface area contributed by atoms with Gasteiger partial charge in [-0.3, -0.25) is 9.59 Å². The molecule has 0 saturated carbocycles. The molecule has 0 aromatic heterocycles. The number of anilines is 1. The van der Waals surface area contributed by atoms with Crippen LogP contribution in [0.25, 0.3) is 0 Å². The second kappa shape index (κ2) is 9.32. The Bertz CT molecular complexity index is 1160. The van der Waals surface area contributed by atoms with E-state index in [1.807, 2.05) is 30.3 Å². The van der Waals surface area contributed by atoms with E-state index in [1.54, 1.807) is 55.3 Å². The lowest BCUT2D eigenvalue weighted by Crippen LogP contribution is -2.37. The van der Waals surface area contributed by atoms with Crippen molar-refractivity contribution >= 4 is 29.1 Å². The molecule has 3 aromatic carbocycles. The first-order chi connectivity index (χ1) is 15.5. The molecule has 0 aliphatic carbocycles. The maximum absolute atomic E-state index is 13.0. The number of nitrogens with one attached hydrogen (secondary N) is 1. The zero-order chi connectivity index (χ0) is 22.7. The Balaban J connectivity index is 1.59. The molecule has 7 heteroatoms. The van der Waals surface area contributed by atoms with E-state index in [-0.39, 0.29) is 11.8 Å². The molecular weight excluding hydrogens is 428 g/mol. The van der Waals surface area contributed by atoms with Crippen LogP contribution < -0.4 is 14.8 Å². The highest BCUT2D eigenvalue weighted by Crippen LogP contribution is 2.31. The van der Waals surface area contributed by atoms with Crippen LogP contribution in [-0.2, 0) is 17.9 Å². The molecule has 164 valence electrons. The molecule has 0 fully saturated rings. The third-order valence-electron chi connectivity index (χ3n) is 5.31. The Kier molecular flexibility index (Phi) is 6.32.